The maximum atomic E-state index is 12.8. The van der Waals surface area contributed by atoms with E-state index in [1.165, 1.54) is 18.3 Å². The third-order valence-electron chi connectivity index (χ3n) is 5.13. The first-order chi connectivity index (χ1) is 17.3. The molecule has 4 rings (SSSR count). The molecule has 0 bridgehead atoms. The second-order valence-electron chi connectivity index (χ2n) is 7.66. The van der Waals surface area contributed by atoms with Crippen LogP contribution in [0.2, 0.25) is 15.1 Å². The Morgan fingerprint density at radius 2 is 1.69 bits per heavy atom. The molecule has 182 valence electrons. The first kappa shape index (κ1) is 25.5. The Hall–Kier alpha value is -3.58. The highest BCUT2D eigenvalue weighted by molar-refractivity contribution is 6.36. The Morgan fingerprint density at radius 3 is 2.47 bits per heavy atom. The van der Waals surface area contributed by atoms with Crippen LogP contribution < -0.4 is 14.9 Å². The minimum Gasteiger partial charge on any atom is -0.481 e. The number of carbonyl (C=O) groups is 2. The van der Waals surface area contributed by atoms with Crippen LogP contribution in [0.1, 0.15) is 22.8 Å². The smallest absolute Gasteiger partial charge is 0.345 e. The van der Waals surface area contributed by atoms with Crippen LogP contribution in [-0.2, 0) is 4.79 Å². The number of ether oxygens (including phenoxy) is 2. The average Bonchev–Trinajstić information content (AvgIpc) is 2.85. The summed E-state index contributed by atoms with van der Waals surface area (Å²) < 4.78 is 11.3. The molecule has 0 saturated heterocycles. The van der Waals surface area contributed by atoms with Crippen molar-refractivity contribution in [1.82, 2.24) is 5.43 Å². The number of halogens is 3. The van der Waals surface area contributed by atoms with Crippen molar-refractivity contribution in [3.05, 3.63) is 105 Å². The number of amides is 1. The normalized spacial score (nSPS) is 11.9. The van der Waals surface area contributed by atoms with Crippen LogP contribution >= 0.6 is 34.8 Å². The molecule has 36 heavy (non-hydrogen) atoms. The van der Waals surface area contributed by atoms with Gasteiger partial charge >= 0.3 is 5.97 Å². The van der Waals surface area contributed by atoms with Gasteiger partial charge in [0.15, 0.2) is 6.10 Å². The summed E-state index contributed by atoms with van der Waals surface area (Å²) in [5.74, 6) is -0.434. The Kier molecular flexibility index (Phi) is 8.10. The summed E-state index contributed by atoms with van der Waals surface area (Å²) in [4.78, 5) is 25.3. The standard InChI is InChI=1S/C27H19Cl3N2O4/c1-16(35-20-7-4-6-18(28)13-20)26(33)32-31-15-23-21-8-3-2-5-17(21)9-12-25(23)36-27(34)22-11-10-19(29)14-24(22)30/h2-16H,1H3,(H,32,33)/b31-15+. The van der Waals surface area contributed by atoms with Crippen LogP contribution in [-0.4, -0.2) is 24.2 Å². The van der Waals surface area contributed by atoms with Gasteiger partial charge in [-0.05, 0) is 60.2 Å². The van der Waals surface area contributed by atoms with Gasteiger partial charge in [0.2, 0.25) is 0 Å². The molecule has 1 amide bonds. The maximum absolute atomic E-state index is 12.8. The average molecular weight is 542 g/mol. The van der Waals surface area contributed by atoms with Crippen molar-refractivity contribution in [2.24, 2.45) is 5.10 Å². The first-order valence-electron chi connectivity index (χ1n) is 10.8. The maximum Gasteiger partial charge on any atom is 0.345 e. The van der Waals surface area contributed by atoms with Crippen LogP contribution in [0.3, 0.4) is 0 Å². The number of hydrogen-bond donors (Lipinski definition) is 1. The summed E-state index contributed by atoms with van der Waals surface area (Å²) in [6.07, 6.45) is 0.579. The number of nitrogens with zero attached hydrogens (tertiary/aromatic N) is 1. The molecular formula is C27H19Cl3N2O4. The zero-order valence-electron chi connectivity index (χ0n) is 18.9. The highest BCUT2D eigenvalue weighted by Gasteiger charge is 2.17. The molecule has 0 aliphatic heterocycles. The first-order valence-corrected chi connectivity index (χ1v) is 11.9. The molecule has 0 heterocycles. The third kappa shape index (κ3) is 6.15. The van der Waals surface area contributed by atoms with E-state index in [-0.39, 0.29) is 16.3 Å². The molecule has 9 heteroatoms. The van der Waals surface area contributed by atoms with Gasteiger partial charge in [-0.3, -0.25) is 4.79 Å². The van der Waals surface area contributed by atoms with Gasteiger partial charge in [-0.25, -0.2) is 10.2 Å². The lowest BCUT2D eigenvalue weighted by Crippen LogP contribution is -2.33. The van der Waals surface area contributed by atoms with Crippen LogP contribution in [0.25, 0.3) is 10.8 Å². The molecule has 0 aliphatic carbocycles. The molecule has 1 N–H and O–H groups in total. The van der Waals surface area contributed by atoms with E-state index in [0.717, 1.165) is 10.8 Å². The lowest BCUT2D eigenvalue weighted by atomic mass is 10.0. The number of nitrogens with one attached hydrogen (secondary N) is 1. The van der Waals surface area contributed by atoms with Gasteiger partial charge in [0.05, 0.1) is 16.8 Å². The van der Waals surface area contributed by atoms with Gasteiger partial charge in [0.1, 0.15) is 11.5 Å². The van der Waals surface area contributed by atoms with E-state index in [1.54, 1.807) is 43.3 Å². The van der Waals surface area contributed by atoms with Crippen molar-refractivity contribution in [3.8, 4) is 11.5 Å². The number of benzene rings is 4. The number of rotatable bonds is 7. The summed E-state index contributed by atoms with van der Waals surface area (Å²) in [7, 11) is 0. The van der Waals surface area contributed by atoms with Crippen molar-refractivity contribution < 1.29 is 19.1 Å². The van der Waals surface area contributed by atoms with E-state index < -0.39 is 18.0 Å². The molecule has 0 fully saturated rings. The van der Waals surface area contributed by atoms with Crippen molar-refractivity contribution in [2.75, 3.05) is 0 Å². The zero-order valence-corrected chi connectivity index (χ0v) is 21.1. The van der Waals surface area contributed by atoms with Crippen molar-refractivity contribution in [1.29, 1.82) is 0 Å². The SMILES string of the molecule is CC(Oc1cccc(Cl)c1)C(=O)N/N=C/c1c(OC(=O)c2ccc(Cl)cc2Cl)ccc2ccccc12. The molecule has 0 saturated carbocycles. The minimum absolute atomic E-state index is 0.164. The number of carbonyl (C=O) groups excluding carboxylic acids is 2. The lowest BCUT2D eigenvalue weighted by Gasteiger charge is -2.13. The fourth-order valence-corrected chi connectivity index (χ4v) is 4.02. The van der Waals surface area contributed by atoms with E-state index in [0.29, 0.717) is 21.4 Å². The Morgan fingerprint density at radius 1 is 0.917 bits per heavy atom. The Balaban J connectivity index is 1.55. The van der Waals surface area contributed by atoms with Crippen LogP contribution in [0.4, 0.5) is 0 Å². The van der Waals surface area contributed by atoms with Gasteiger partial charge in [-0.1, -0.05) is 71.2 Å². The van der Waals surface area contributed by atoms with Gasteiger partial charge in [-0.15, -0.1) is 0 Å². The van der Waals surface area contributed by atoms with E-state index in [4.69, 9.17) is 44.3 Å². The minimum atomic E-state index is -0.836. The monoisotopic (exact) mass is 540 g/mol. The number of hydrazone groups is 1. The molecule has 1 unspecified atom stereocenters. The summed E-state index contributed by atoms with van der Waals surface area (Å²) in [6.45, 7) is 1.59. The molecule has 6 nitrogen and oxygen atoms in total. The fraction of sp³-hybridized carbons (Fsp3) is 0.0741. The number of fused-ring (bicyclic) bond motifs is 1. The Bertz CT molecular complexity index is 1470. The van der Waals surface area contributed by atoms with Crippen LogP contribution in [0, 0.1) is 0 Å². The highest BCUT2D eigenvalue weighted by Crippen LogP contribution is 2.29. The molecule has 1 atom stereocenters. The van der Waals surface area contributed by atoms with Gasteiger partial charge < -0.3 is 9.47 Å². The Labute approximate surface area is 222 Å². The quantitative estimate of drug-likeness (QED) is 0.119. The number of esters is 1. The molecule has 0 radical (unpaired) electrons. The van der Waals surface area contributed by atoms with Gasteiger partial charge in [0, 0.05) is 15.6 Å². The summed E-state index contributed by atoms with van der Waals surface area (Å²) in [5.41, 5.74) is 3.11. The van der Waals surface area contributed by atoms with Gasteiger partial charge in [0.25, 0.3) is 5.91 Å². The summed E-state index contributed by atoms with van der Waals surface area (Å²) in [6, 6.07) is 22.2. The predicted molar refractivity (Wildman–Crippen MR) is 143 cm³/mol. The van der Waals surface area contributed by atoms with E-state index >= 15 is 0 Å². The second-order valence-corrected chi connectivity index (χ2v) is 8.94. The van der Waals surface area contributed by atoms with Crippen molar-refractivity contribution in [3.63, 3.8) is 0 Å². The third-order valence-corrected chi connectivity index (χ3v) is 5.91. The summed E-state index contributed by atoms with van der Waals surface area (Å²) >= 11 is 18.0. The summed E-state index contributed by atoms with van der Waals surface area (Å²) in [5, 5.41) is 6.81. The molecule has 4 aromatic carbocycles. The van der Waals surface area contributed by atoms with E-state index in [2.05, 4.69) is 10.5 Å². The molecule has 0 aliphatic rings. The van der Waals surface area contributed by atoms with Gasteiger partial charge in [-0.2, -0.15) is 5.10 Å². The molecule has 0 spiro atoms. The molecule has 0 aromatic heterocycles. The lowest BCUT2D eigenvalue weighted by molar-refractivity contribution is -0.127. The van der Waals surface area contributed by atoms with Crippen molar-refractivity contribution in [2.45, 2.75) is 13.0 Å². The van der Waals surface area contributed by atoms with Crippen molar-refractivity contribution >= 4 is 63.7 Å². The van der Waals surface area contributed by atoms with E-state index in [9.17, 15) is 9.59 Å². The van der Waals surface area contributed by atoms with Crippen LogP contribution in [0.5, 0.6) is 11.5 Å². The van der Waals surface area contributed by atoms with E-state index in [1.807, 2.05) is 30.3 Å². The highest BCUT2D eigenvalue weighted by atomic mass is 35.5. The number of hydrogen-bond acceptors (Lipinski definition) is 5. The second kappa shape index (κ2) is 11.4. The largest absolute Gasteiger partial charge is 0.481 e. The predicted octanol–water partition coefficient (Wildman–Crippen LogP) is 6.94. The topological polar surface area (TPSA) is 77.0 Å². The van der Waals surface area contributed by atoms with Crippen LogP contribution in [0.15, 0.2) is 84.0 Å². The molecular weight excluding hydrogens is 523 g/mol. The fourth-order valence-electron chi connectivity index (χ4n) is 3.36. The molecule has 4 aromatic rings. The zero-order chi connectivity index (χ0) is 25.7.